The van der Waals surface area contributed by atoms with E-state index in [-0.39, 0.29) is 5.92 Å². The maximum atomic E-state index is 10.4. The third-order valence-corrected chi connectivity index (χ3v) is 3.09. The maximum absolute atomic E-state index is 10.4. The van der Waals surface area contributed by atoms with E-state index in [0.29, 0.717) is 0 Å². The summed E-state index contributed by atoms with van der Waals surface area (Å²) in [6, 6.07) is 4.23. The van der Waals surface area contributed by atoms with Gasteiger partial charge in [-0.3, -0.25) is 0 Å². The molecular formula is C11H17NOS. The van der Waals surface area contributed by atoms with Crippen molar-refractivity contribution in [2.45, 2.75) is 13.3 Å². The highest BCUT2D eigenvalue weighted by Gasteiger charge is 2.05. The molecule has 0 spiro atoms. The molecule has 1 rings (SSSR count). The molecule has 1 atom stereocenters. The molecule has 0 fully saturated rings. The summed E-state index contributed by atoms with van der Waals surface area (Å²) in [6.07, 6.45) is 2.10. The molecule has 0 bridgehead atoms. The molecule has 3 heteroatoms. The van der Waals surface area contributed by atoms with Crippen LogP contribution in [-0.4, -0.2) is 31.3 Å². The molecule has 2 nitrogen and oxygen atoms in total. The number of carbonyl (C=O) groups excluding carboxylic acids is 1. The fourth-order valence-corrected chi connectivity index (χ4v) is 2.08. The minimum Gasteiger partial charge on any atom is -0.305 e. The Labute approximate surface area is 89.5 Å². The summed E-state index contributed by atoms with van der Waals surface area (Å²) in [4.78, 5) is 14.1. The second kappa shape index (κ2) is 5.94. The zero-order chi connectivity index (χ0) is 10.4. The average Bonchev–Trinajstić information content (AvgIpc) is 2.67. The topological polar surface area (TPSA) is 20.3 Å². The quantitative estimate of drug-likeness (QED) is 0.671. The van der Waals surface area contributed by atoms with Crippen LogP contribution in [0.15, 0.2) is 17.5 Å². The van der Waals surface area contributed by atoms with E-state index in [1.807, 2.05) is 6.92 Å². The summed E-state index contributed by atoms with van der Waals surface area (Å²) in [5.41, 5.74) is 0. The van der Waals surface area contributed by atoms with E-state index in [9.17, 15) is 4.79 Å². The summed E-state index contributed by atoms with van der Waals surface area (Å²) in [7, 11) is 2.06. The summed E-state index contributed by atoms with van der Waals surface area (Å²) in [5, 5.41) is 2.10. The molecule has 0 amide bonds. The van der Waals surface area contributed by atoms with Crippen molar-refractivity contribution in [2.24, 2.45) is 5.92 Å². The van der Waals surface area contributed by atoms with Gasteiger partial charge in [0.05, 0.1) is 0 Å². The SMILES string of the molecule is CC(C=O)CN(C)CCc1cccs1. The second-order valence-electron chi connectivity index (χ2n) is 3.70. The van der Waals surface area contributed by atoms with Crippen molar-refractivity contribution in [3.05, 3.63) is 22.4 Å². The molecule has 0 saturated carbocycles. The monoisotopic (exact) mass is 211 g/mol. The first-order valence-electron chi connectivity index (χ1n) is 4.88. The van der Waals surface area contributed by atoms with Gasteiger partial charge in [-0.05, 0) is 24.9 Å². The second-order valence-corrected chi connectivity index (χ2v) is 4.74. The highest BCUT2D eigenvalue weighted by molar-refractivity contribution is 7.09. The zero-order valence-corrected chi connectivity index (χ0v) is 9.59. The molecule has 0 radical (unpaired) electrons. The lowest BCUT2D eigenvalue weighted by Crippen LogP contribution is -2.26. The van der Waals surface area contributed by atoms with Crippen LogP contribution in [0.3, 0.4) is 0 Å². The minimum absolute atomic E-state index is 0.142. The van der Waals surface area contributed by atoms with Crippen molar-refractivity contribution in [1.29, 1.82) is 0 Å². The Morgan fingerprint density at radius 3 is 3.00 bits per heavy atom. The van der Waals surface area contributed by atoms with E-state index in [0.717, 1.165) is 25.8 Å². The van der Waals surface area contributed by atoms with Crippen LogP contribution in [0, 0.1) is 5.92 Å². The van der Waals surface area contributed by atoms with Crippen LogP contribution in [0.4, 0.5) is 0 Å². The molecule has 1 aromatic rings. The van der Waals surface area contributed by atoms with E-state index < -0.39 is 0 Å². The Hall–Kier alpha value is -0.670. The molecule has 0 aliphatic heterocycles. The maximum Gasteiger partial charge on any atom is 0.124 e. The largest absolute Gasteiger partial charge is 0.305 e. The number of aldehydes is 1. The first-order valence-corrected chi connectivity index (χ1v) is 5.76. The Morgan fingerprint density at radius 1 is 1.64 bits per heavy atom. The van der Waals surface area contributed by atoms with Crippen molar-refractivity contribution >= 4 is 17.6 Å². The molecule has 1 unspecified atom stereocenters. The van der Waals surface area contributed by atoms with Gasteiger partial charge in [0.15, 0.2) is 0 Å². The van der Waals surface area contributed by atoms with Crippen LogP contribution in [0.1, 0.15) is 11.8 Å². The van der Waals surface area contributed by atoms with E-state index >= 15 is 0 Å². The van der Waals surface area contributed by atoms with Crippen LogP contribution in [0.5, 0.6) is 0 Å². The van der Waals surface area contributed by atoms with Crippen molar-refractivity contribution in [3.63, 3.8) is 0 Å². The third kappa shape index (κ3) is 4.03. The normalized spacial score (nSPS) is 13.1. The number of carbonyl (C=O) groups is 1. The van der Waals surface area contributed by atoms with Gasteiger partial charge >= 0.3 is 0 Å². The molecule has 1 aromatic heterocycles. The third-order valence-electron chi connectivity index (χ3n) is 2.15. The predicted octanol–water partition coefficient (Wildman–Crippen LogP) is 2.06. The van der Waals surface area contributed by atoms with Crippen LogP contribution in [-0.2, 0) is 11.2 Å². The van der Waals surface area contributed by atoms with Gasteiger partial charge in [-0.2, -0.15) is 0 Å². The van der Waals surface area contributed by atoms with Crippen molar-refractivity contribution in [1.82, 2.24) is 4.90 Å². The molecule has 1 heterocycles. The number of hydrogen-bond acceptors (Lipinski definition) is 3. The summed E-state index contributed by atoms with van der Waals surface area (Å²) < 4.78 is 0. The number of rotatable bonds is 6. The Bertz CT molecular complexity index is 258. The van der Waals surface area contributed by atoms with Gasteiger partial charge in [0.1, 0.15) is 6.29 Å². The fourth-order valence-electron chi connectivity index (χ4n) is 1.38. The molecule has 0 aromatic carbocycles. The first-order chi connectivity index (χ1) is 6.72. The molecule has 0 aliphatic carbocycles. The molecule has 14 heavy (non-hydrogen) atoms. The number of thiophene rings is 1. The van der Waals surface area contributed by atoms with E-state index in [2.05, 4.69) is 29.5 Å². The first kappa shape index (κ1) is 11.4. The van der Waals surface area contributed by atoms with Gasteiger partial charge in [0, 0.05) is 23.9 Å². The molecule has 78 valence electrons. The number of hydrogen-bond donors (Lipinski definition) is 0. The Morgan fingerprint density at radius 2 is 2.43 bits per heavy atom. The highest BCUT2D eigenvalue weighted by atomic mass is 32.1. The lowest BCUT2D eigenvalue weighted by atomic mass is 10.2. The van der Waals surface area contributed by atoms with E-state index in [1.54, 1.807) is 11.3 Å². The summed E-state index contributed by atoms with van der Waals surface area (Å²) >= 11 is 1.79. The van der Waals surface area contributed by atoms with Gasteiger partial charge in [-0.15, -0.1) is 11.3 Å². The van der Waals surface area contributed by atoms with E-state index in [4.69, 9.17) is 0 Å². The van der Waals surface area contributed by atoms with Gasteiger partial charge in [-0.1, -0.05) is 13.0 Å². The lowest BCUT2D eigenvalue weighted by molar-refractivity contribution is -0.111. The Kier molecular flexibility index (Phi) is 4.84. The Balaban J connectivity index is 2.21. The van der Waals surface area contributed by atoms with Crippen LogP contribution in [0.25, 0.3) is 0 Å². The van der Waals surface area contributed by atoms with Gasteiger partial charge in [0.25, 0.3) is 0 Å². The number of nitrogens with zero attached hydrogens (tertiary/aromatic N) is 1. The van der Waals surface area contributed by atoms with Gasteiger partial charge in [-0.25, -0.2) is 0 Å². The highest BCUT2D eigenvalue weighted by Crippen LogP contribution is 2.09. The minimum atomic E-state index is 0.142. The predicted molar refractivity (Wildman–Crippen MR) is 60.7 cm³/mol. The van der Waals surface area contributed by atoms with Crippen molar-refractivity contribution in [3.8, 4) is 0 Å². The van der Waals surface area contributed by atoms with Crippen LogP contribution < -0.4 is 0 Å². The van der Waals surface area contributed by atoms with Gasteiger partial charge in [0.2, 0.25) is 0 Å². The average molecular weight is 211 g/mol. The smallest absolute Gasteiger partial charge is 0.124 e. The van der Waals surface area contributed by atoms with Crippen molar-refractivity contribution in [2.75, 3.05) is 20.1 Å². The standard InChI is InChI=1S/C11H17NOS/c1-10(9-13)8-12(2)6-5-11-4-3-7-14-11/h3-4,7,9-10H,5-6,8H2,1-2H3. The van der Waals surface area contributed by atoms with Crippen LogP contribution >= 0.6 is 11.3 Å². The molecule has 0 aliphatic rings. The lowest BCUT2D eigenvalue weighted by Gasteiger charge is -2.17. The van der Waals surface area contributed by atoms with Gasteiger partial charge < -0.3 is 9.69 Å². The molecule has 0 saturated heterocycles. The number of likely N-dealkylation sites (N-methyl/N-ethyl adjacent to an activating group) is 1. The molecular weight excluding hydrogens is 194 g/mol. The van der Waals surface area contributed by atoms with Crippen molar-refractivity contribution < 1.29 is 4.79 Å². The summed E-state index contributed by atoms with van der Waals surface area (Å²) in [6.45, 7) is 3.84. The van der Waals surface area contributed by atoms with Crippen LogP contribution in [0.2, 0.25) is 0 Å². The zero-order valence-electron chi connectivity index (χ0n) is 8.77. The summed E-state index contributed by atoms with van der Waals surface area (Å²) in [5.74, 6) is 0.142. The fraction of sp³-hybridized carbons (Fsp3) is 0.545. The molecule has 0 N–H and O–H groups in total. The van der Waals surface area contributed by atoms with E-state index in [1.165, 1.54) is 4.88 Å².